The average molecular weight is 297 g/mol. The van der Waals surface area contributed by atoms with Gasteiger partial charge in [-0.15, -0.1) is 11.3 Å². The molecule has 0 bridgehead atoms. The van der Waals surface area contributed by atoms with Crippen LogP contribution in [0.5, 0.6) is 0 Å². The van der Waals surface area contributed by atoms with Crippen molar-refractivity contribution in [3.8, 4) is 0 Å². The van der Waals surface area contributed by atoms with Crippen LogP contribution in [0.4, 0.5) is 0 Å². The fraction of sp³-hybridized carbons (Fsp3) is 0.167. The fourth-order valence-electron chi connectivity index (χ4n) is 0.878. The summed E-state index contributed by atoms with van der Waals surface area (Å²) in [6.07, 6.45) is 0. The van der Waals surface area contributed by atoms with Crippen LogP contribution < -0.4 is 4.72 Å². The number of hydrogen-bond donors (Lipinski definition) is 1. The van der Waals surface area contributed by atoms with Gasteiger partial charge in [0, 0.05) is 5.56 Å². The van der Waals surface area contributed by atoms with Gasteiger partial charge in [-0.1, -0.05) is 0 Å². The summed E-state index contributed by atoms with van der Waals surface area (Å²) < 4.78 is 5.26. The minimum absolute atomic E-state index is 0.206. The molecule has 58 valence electrons. The number of ketones is 1. The van der Waals surface area contributed by atoms with Gasteiger partial charge in [0.2, 0.25) is 0 Å². The van der Waals surface area contributed by atoms with Gasteiger partial charge < -0.3 is 0 Å². The number of nitrogens with one attached hydrogen (secondary N) is 1. The molecule has 1 aromatic rings. The Labute approximate surface area is 86.0 Å². The molecule has 0 atom stereocenters. The molecule has 0 unspecified atom stereocenters. The molecule has 11 heavy (non-hydrogen) atoms. The minimum atomic E-state index is 0.206. The molecule has 2 nitrogen and oxygen atoms in total. The molecule has 1 aromatic heterocycles. The van der Waals surface area contributed by atoms with Gasteiger partial charge in [0.1, 0.15) is 0 Å². The topological polar surface area (TPSA) is 29.1 Å². The van der Waals surface area contributed by atoms with Crippen LogP contribution in [0.25, 0.3) is 0 Å². The third kappa shape index (κ3) is 1.47. The SMILES string of the molecule is O=C1CNSc2sc(I)cc21. The van der Waals surface area contributed by atoms with Gasteiger partial charge in [0.15, 0.2) is 5.78 Å². The standard InChI is InChI=1S/C6H4INOS2/c7-5-1-3-4(9)2-8-11-6(3)10-5/h1,8H,2H2. The molecule has 1 aliphatic rings. The van der Waals surface area contributed by atoms with Gasteiger partial charge in [0.05, 0.1) is 13.6 Å². The predicted molar refractivity (Wildman–Crippen MR) is 55.2 cm³/mol. The van der Waals surface area contributed by atoms with Gasteiger partial charge in [-0.2, -0.15) is 0 Å². The predicted octanol–water partition coefficient (Wildman–Crippen LogP) is 2.15. The maximum absolute atomic E-state index is 11.2. The third-order valence-electron chi connectivity index (χ3n) is 1.37. The lowest BCUT2D eigenvalue weighted by Gasteiger charge is -2.08. The highest BCUT2D eigenvalue weighted by atomic mass is 127. The van der Waals surface area contributed by atoms with E-state index in [1.54, 1.807) is 23.3 Å². The van der Waals surface area contributed by atoms with E-state index >= 15 is 0 Å². The number of halogens is 1. The Hall–Kier alpha value is 0.410. The summed E-state index contributed by atoms with van der Waals surface area (Å²) in [7, 11) is 0. The van der Waals surface area contributed by atoms with E-state index in [9.17, 15) is 4.79 Å². The first-order valence-corrected chi connectivity index (χ1v) is 5.71. The second-order valence-electron chi connectivity index (χ2n) is 2.10. The van der Waals surface area contributed by atoms with Crippen LogP contribution in [0.2, 0.25) is 0 Å². The first-order valence-electron chi connectivity index (χ1n) is 2.99. The third-order valence-corrected chi connectivity index (χ3v) is 4.25. The van der Waals surface area contributed by atoms with Crippen LogP contribution in [0, 0.1) is 2.88 Å². The summed E-state index contributed by atoms with van der Waals surface area (Å²) in [6, 6.07) is 1.96. The summed E-state index contributed by atoms with van der Waals surface area (Å²) >= 11 is 5.45. The highest BCUT2D eigenvalue weighted by molar-refractivity contribution is 14.1. The molecule has 2 heterocycles. The summed E-state index contributed by atoms with van der Waals surface area (Å²) in [5.41, 5.74) is 0.892. The van der Waals surface area contributed by atoms with Crippen LogP contribution in [0.3, 0.4) is 0 Å². The molecule has 5 heteroatoms. The lowest BCUT2D eigenvalue weighted by Crippen LogP contribution is -2.21. The summed E-state index contributed by atoms with van der Waals surface area (Å²) in [6.45, 7) is 0.463. The number of Topliss-reactive ketones (excluding diaryl/α,β-unsaturated/α-hetero) is 1. The van der Waals surface area contributed by atoms with Crippen molar-refractivity contribution in [2.24, 2.45) is 0 Å². The van der Waals surface area contributed by atoms with Gasteiger partial charge in [0.25, 0.3) is 0 Å². The second-order valence-corrected chi connectivity index (χ2v) is 6.20. The van der Waals surface area contributed by atoms with Crippen molar-refractivity contribution in [2.45, 2.75) is 4.21 Å². The maximum atomic E-state index is 11.2. The van der Waals surface area contributed by atoms with E-state index in [1.165, 1.54) is 2.88 Å². The highest BCUT2D eigenvalue weighted by Gasteiger charge is 2.19. The zero-order valence-corrected chi connectivity index (χ0v) is 9.18. The zero-order valence-electron chi connectivity index (χ0n) is 5.39. The smallest absolute Gasteiger partial charge is 0.179 e. The summed E-state index contributed by atoms with van der Waals surface area (Å²) in [5.74, 6) is 0.206. The van der Waals surface area contributed by atoms with Crippen molar-refractivity contribution in [3.05, 3.63) is 14.5 Å². The minimum Gasteiger partial charge on any atom is -0.293 e. The molecular weight excluding hydrogens is 293 g/mol. The highest BCUT2D eigenvalue weighted by Crippen LogP contribution is 2.33. The second kappa shape index (κ2) is 3.04. The normalized spacial score (nSPS) is 16.6. The van der Waals surface area contributed by atoms with Crippen molar-refractivity contribution in [1.29, 1.82) is 0 Å². The number of hydrogen-bond acceptors (Lipinski definition) is 4. The average Bonchev–Trinajstić information content (AvgIpc) is 2.31. The van der Waals surface area contributed by atoms with Crippen molar-refractivity contribution in [1.82, 2.24) is 4.72 Å². The molecule has 1 N–H and O–H groups in total. The van der Waals surface area contributed by atoms with Crippen molar-refractivity contribution in [2.75, 3.05) is 6.54 Å². The first-order chi connectivity index (χ1) is 5.27. The van der Waals surface area contributed by atoms with Gasteiger partial charge >= 0.3 is 0 Å². The number of rotatable bonds is 0. The van der Waals surface area contributed by atoms with Crippen LogP contribution in [0.1, 0.15) is 10.4 Å². The molecular formula is C6H4INOS2. The van der Waals surface area contributed by atoms with E-state index in [1.807, 2.05) is 6.07 Å². The Morgan fingerprint density at radius 2 is 2.45 bits per heavy atom. The Balaban J connectivity index is 2.52. The molecule has 0 saturated heterocycles. The molecule has 0 radical (unpaired) electrons. The van der Waals surface area contributed by atoms with Crippen molar-refractivity contribution in [3.63, 3.8) is 0 Å². The lowest BCUT2D eigenvalue weighted by molar-refractivity contribution is 0.0994. The number of fused-ring (bicyclic) bond motifs is 1. The molecule has 0 aromatic carbocycles. The summed E-state index contributed by atoms with van der Waals surface area (Å²) in [5, 5.41) is 0. The van der Waals surface area contributed by atoms with Crippen LogP contribution in [-0.2, 0) is 0 Å². The zero-order chi connectivity index (χ0) is 7.84. The van der Waals surface area contributed by atoms with Crippen LogP contribution in [-0.4, -0.2) is 12.3 Å². The van der Waals surface area contributed by atoms with Crippen molar-refractivity contribution >= 4 is 51.7 Å². The first kappa shape index (κ1) is 8.03. The van der Waals surface area contributed by atoms with Crippen LogP contribution in [0.15, 0.2) is 10.3 Å². The Bertz CT molecular complexity index is 310. The molecule has 0 amide bonds. The Kier molecular flexibility index (Phi) is 2.22. The van der Waals surface area contributed by atoms with Gasteiger partial charge in [-0.25, -0.2) is 0 Å². The largest absolute Gasteiger partial charge is 0.293 e. The van der Waals surface area contributed by atoms with E-state index in [-0.39, 0.29) is 5.78 Å². The molecule has 0 saturated carbocycles. The monoisotopic (exact) mass is 297 g/mol. The van der Waals surface area contributed by atoms with Crippen LogP contribution >= 0.6 is 45.9 Å². The van der Waals surface area contributed by atoms with E-state index in [4.69, 9.17) is 0 Å². The molecule has 0 spiro atoms. The van der Waals surface area contributed by atoms with E-state index in [2.05, 4.69) is 27.3 Å². The molecule has 0 aliphatic carbocycles. The fourth-order valence-corrected chi connectivity index (χ4v) is 4.16. The Morgan fingerprint density at radius 3 is 3.18 bits per heavy atom. The number of carbonyl (C=O) groups is 1. The number of thiophene rings is 1. The molecule has 0 fully saturated rings. The summed E-state index contributed by atoms with van der Waals surface area (Å²) in [4.78, 5) is 11.2. The quantitative estimate of drug-likeness (QED) is 0.587. The van der Waals surface area contributed by atoms with Crippen molar-refractivity contribution < 1.29 is 4.79 Å². The lowest BCUT2D eigenvalue weighted by atomic mass is 10.2. The van der Waals surface area contributed by atoms with E-state index in [0.29, 0.717) is 6.54 Å². The maximum Gasteiger partial charge on any atom is 0.179 e. The van der Waals surface area contributed by atoms with Gasteiger partial charge in [-0.05, 0) is 40.6 Å². The van der Waals surface area contributed by atoms with Gasteiger partial charge in [-0.3, -0.25) is 9.52 Å². The van der Waals surface area contributed by atoms with E-state index in [0.717, 1.165) is 9.77 Å². The van der Waals surface area contributed by atoms with E-state index < -0.39 is 0 Å². The molecule has 1 aliphatic heterocycles. The number of carbonyl (C=O) groups excluding carboxylic acids is 1. The Morgan fingerprint density at radius 1 is 1.64 bits per heavy atom. The molecule has 2 rings (SSSR count).